The van der Waals surface area contributed by atoms with E-state index in [9.17, 15) is 10.1 Å². The van der Waals surface area contributed by atoms with Gasteiger partial charge < -0.3 is 13.9 Å². The lowest BCUT2D eigenvalue weighted by atomic mass is 10.0. The van der Waals surface area contributed by atoms with Crippen molar-refractivity contribution >= 4 is 22.5 Å². The SMILES string of the molecule is C#Cc1ccc(-c2cc(C)nc3c(OCc4c(Cl)ccnc4Cn4cccc(C#N)c4=O)cccc23)n1C. The van der Waals surface area contributed by atoms with Crippen molar-refractivity contribution in [3.8, 4) is 35.4 Å². The molecule has 0 spiro atoms. The van der Waals surface area contributed by atoms with Gasteiger partial charge in [0.05, 0.1) is 23.0 Å². The predicted molar refractivity (Wildman–Crippen MR) is 147 cm³/mol. The highest BCUT2D eigenvalue weighted by molar-refractivity contribution is 6.31. The molecule has 38 heavy (non-hydrogen) atoms. The van der Waals surface area contributed by atoms with E-state index < -0.39 is 5.56 Å². The Morgan fingerprint density at radius 1 is 1.16 bits per heavy atom. The quantitative estimate of drug-likeness (QED) is 0.286. The highest BCUT2D eigenvalue weighted by atomic mass is 35.5. The van der Waals surface area contributed by atoms with Crippen LogP contribution in [0.5, 0.6) is 5.75 Å². The van der Waals surface area contributed by atoms with Crippen LogP contribution in [0, 0.1) is 30.6 Å². The monoisotopic (exact) mass is 519 g/mol. The first-order valence-corrected chi connectivity index (χ1v) is 12.2. The molecule has 1 aromatic carbocycles. The van der Waals surface area contributed by atoms with Gasteiger partial charge in [0.2, 0.25) is 0 Å². The van der Waals surface area contributed by atoms with Crippen molar-refractivity contribution in [1.29, 1.82) is 5.26 Å². The summed E-state index contributed by atoms with van der Waals surface area (Å²) in [6.07, 6.45) is 8.85. The van der Waals surface area contributed by atoms with Gasteiger partial charge in [0, 0.05) is 47.3 Å². The van der Waals surface area contributed by atoms with E-state index in [4.69, 9.17) is 27.7 Å². The number of halogens is 1. The van der Waals surface area contributed by atoms with E-state index in [0.717, 1.165) is 28.0 Å². The van der Waals surface area contributed by atoms with Crippen molar-refractivity contribution in [2.24, 2.45) is 7.05 Å². The van der Waals surface area contributed by atoms with Crippen LogP contribution in [-0.2, 0) is 20.2 Å². The van der Waals surface area contributed by atoms with E-state index in [2.05, 4.69) is 10.9 Å². The molecule has 8 heteroatoms. The van der Waals surface area contributed by atoms with Crippen LogP contribution in [0.15, 0.2) is 71.8 Å². The van der Waals surface area contributed by atoms with Crippen LogP contribution in [0.1, 0.15) is 28.2 Å². The second-order valence-electron chi connectivity index (χ2n) is 8.74. The van der Waals surface area contributed by atoms with E-state index in [0.29, 0.717) is 27.5 Å². The average Bonchev–Trinajstić information content (AvgIpc) is 3.29. The Balaban J connectivity index is 1.52. The maximum Gasteiger partial charge on any atom is 0.268 e. The summed E-state index contributed by atoms with van der Waals surface area (Å²) >= 11 is 6.55. The lowest BCUT2D eigenvalue weighted by molar-refractivity contribution is 0.307. The number of aryl methyl sites for hydroxylation is 1. The van der Waals surface area contributed by atoms with Gasteiger partial charge in [0.15, 0.2) is 0 Å². The molecule has 0 N–H and O–H groups in total. The first-order valence-electron chi connectivity index (χ1n) is 11.8. The standard InChI is InChI=1S/C30H22ClN5O2/c1-4-21-10-11-27(35(21)3)23-15-19(2)34-29-22(23)8-5-9-28(29)38-18-24-25(31)12-13-33-26(24)17-36-14-6-7-20(16-32)30(36)37/h1,5-15H,17-18H2,2-3H3. The Bertz CT molecular complexity index is 1840. The van der Waals surface area contributed by atoms with Crippen molar-refractivity contribution in [3.05, 3.63) is 111 Å². The minimum absolute atomic E-state index is 0.0629. The van der Waals surface area contributed by atoms with Gasteiger partial charge in [-0.25, -0.2) is 4.98 Å². The highest BCUT2D eigenvalue weighted by Crippen LogP contribution is 2.34. The highest BCUT2D eigenvalue weighted by Gasteiger charge is 2.16. The third kappa shape index (κ3) is 4.52. The number of rotatable bonds is 6. The van der Waals surface area contributed by atoms with Gasteiger partial charge in [0.1, 0.15) is 29.5 Å². The molecule has 0 fully saturated rings. The number of benzene rings is 1. The molecular weight excluding hydrogens is 498 g/mol. The minimum atomic E-state index is -0.390. The molecule has 5 aromatic rings. The number of para-hydroxylation sites is 1. The molecule has 0 atom stereocenters. The van der Waals surface area contributed by atoms with E-state index >= 15 is 0 Å². The fourth-order valence-corrected chi connectivity index (χ4v) is 4.68. The van der Waals surface area contributed by atoms with Gasteiger partial charge in [-0.15, -0.1) is 6.42 Å². The lowest BCUT2D eigenvalue weighted by Crippen LogP contribution is -2.23. The van der Waals surface area contributed by atoms with Gasteiger partial charge in [0.25, 0.3) is 5.56 Å². The zero-order valence-corrected chi connectivity index (χ0v) is 21.5. The Morgan fingerprint density at radius 2 is 2.00 bits per heavy atom. The van der Waals surface area contributed by atoms with Crippen molar-refractivity contribution in [2.75, 3.05) is 0 Å². The molecule has 4 heterocycles. The maximum absolute atomic E-state index is 12.6. The molecule has 0 amide bonds. The van der Waals surface area contributed by atoms with Crippen molar-refractivity contribution in [2.45, 2.75) is 20.1 Å². The molecule has 7 nitrogen and oxygen atoms in total. The first-order chi connectivity index (χ1) is 18.4. The fraction of sp³-hybridized carbons (Fsp3) is 0.133. The Labute approximate surface area is 224 Å². The number of terminal acetylenes is 1. The molecule has 0 bridgehead atoms. The molecule has 0 aliphatic rings. The van der Waals surface area contributed by atoms with Crippen LogP contribution in [0.25, 0.3) is 22.2 Å². The smallest absolute Gasteiger partial charge is 0.268 e. The molecule has 0 unspecified atom stereocenters. The van der Waals surface area contributed by atoms with Gasteiger partial charge in [-0.05, 0) is 49.4 Å². The largest absolute Gasteiger partial charge is 0.486 e. The van der Waals surface area contributed by atoms with E-state index in [1.807, 2.05) is 61.0 Å². The van der Waals surface area contributed by atoms with Gasteiger partial charge in [-0.1, -0.05) is 29.7 Å². The number of nitriles is 1. The van der Waals surface area contributed by atoms with Crippen LogP contribution in [0.3, 0.4) is 0 Å². The van der Waals surface area contributed by atoms with Crippen LogP contribution in [0.2, 0.25) is 5.02 Å². The van der Waals surface area contributed by atoms with Crippen LogP contribution in [-0.4, -0.2) is 19.1 Å². The number of hydrogen-bond donors (Lipinski definition) is 0. The third-order valence-electron chi connectivity index (χ3n) is 6.40. The Morgan fingerprint density at radius 3 is 2.76 bits per heavy atom. The van der Waals surface area contributed by atoms with Crippen LogP contribution < -0.4 is 10.3 Å². The average molecular weight is 520 g/mol. The van der Waals surface area contributed by atoms with Crippen LogP contribution in [0.4, 0.5) is 0 Å². The molecule has 0 aliphatic carbocycles. The molecule has 186 valence electrons. The fourth-order valence-electron chi connectivity index (χ4n) is 4.46. The van der Waals surface area contributed by atoms with E-state index in [-0.39, 0.29) is 18.7 Å². The summed E-state index contributed by atoms with van der Waals surface area (Å²) in [5.41, 5.74) is 5.21. The lowest BCUT2D eigenvalue weighted by Gasteiger charge is -2.15. The van der Waals surface area contributed by atoms with Gasteiger partial charge >= 0.3 is 0 Å². The zero-order valence-electron chi connectivity index (χ0n) is 20.8. The van der Waals surface area contributed by atoms with Crippen molar-refractivity contribution in [3.63, 3.8) is 0 Å². The third-order valence-corrected chi connectivity index (χ3v) is 6.75. The van der Waals surface area contributed by atoms with E-state index in [1.54, 1.807) is 24.5 Å². The minimum Gasteiger partial charge on any atom is -0.486 e. The number of hydrogen-bond acceptors (Lipinski definition) is 5. The zero-order chi connectivity index (χ0) is 26.8. The molecule has 4 aromatic heterocycles. The van der Waals surface area contributed by atoms with Gasteiger partial charge in [-0.3, -0.25) is 9.78 Å². The predicted octanol–water partition coefficient (Wildman–Crippen LogP) is 5.24. The second kappa shape index (κ2) is 10.3. The summed E-state index contributed by atoms with van der Waals surface area (Å²) in [5.74, 6) is 3.29. The molecule has 0 aliphatic heterocycles. The van der Waals surface area contributed by atoms with Crippen molar-refractivity contribution < 1.29 is 4.74 Å². The molecule has 0 radical (unpaired) electrons. The number of aromatic nitrogens is 4. The Hall–Kier alpha value is -4.85. The summed E-state index contributed by atoms with van der Waals surface area (Å²) in [6, 6.07) is 18.5. The van der Waals surface area contributed by atoms with Crippen LogP contribution >= 0.6 is 11.6 Å². The van der Waals surface area contributed by atoms with Crippen molar-refractivity contribution in [1.82, 2.24) is 19.1 Å². The topological polar surface area (TPSA) is 85.7 Å². The summed E-state index contributed by atoms with van der Waals surface area (Å²) in [4.78, 5) is 21.8. The number of fused-ring (bicyclic) bond motifs is 1. The summed E-state index contributed by atoms with van der Waals surface area (Å²) < 4.78 is 9.69. The molecule has 5 rings (SSSR count). The summed E-state index contributed by atoms with van der Waals surface area (Å²) in [6.45, 7) is 2.20. The molecule has 0 saturated heterocycles. The molecular formula is C30H22ClN5O2. The normalized spacial score (nSPS) is 10.8. The number of nitrogens with zero attached hydrogens (tertiary/aromatic N) is 5. The number of pyridine rings is 3. The Kier molecular flexibility index (Phi) is 6.70. The summed E-state index contributed by atoms with van der Waals surface area (Å²) in [5, 5.41) is 10.6. The van der Waals surface area contributed by atoms with E-state index in [1.165, 1.54) is 10.6 Å². The second-order valence-corrected chi connectivity index (χ2v) is 9.15. The molecule has 0 saturated carbocycles. The maximum atomic E-state index is 12.6. The van der Waals surface area contributed by atoms with Gasteiger partial charge in [-0.2, -0.15) is 5.26 Å². The first kappa shape index (κ1) is 24.8. The number of ether oxygens (including phenoxy) is 1. The summed E-state index contributed by atoms with van der Waals surface area (Å²) in [7, 11) is 1.94.